The second-order valence-electron chi connectivity index (χ2n) is 6.57. The quantitative estimate of drug-likeness (QED) is 0.848. The van der Waals surface area contributed by atoms with Crippen molar-refractivity contribution >= 4 is 17.2 Å². The van der Waals surface area contributed by atoms with Gasteiger partial charge >= 0.3 is 0 Å². The normalized spacial score (nSPS) is 24.6. The number of carbonyl (C=O) groups excluding carboxylic acids is 1. The van der Waals surface area contributed by atoms with Crippen LogP contribution in [0.15, 0.2) is 17.5 Å². The molecule has 1 unspecified atom stereocenters. The van der Waals surface area contributed by atoms with Crippen molar-refractivity contribution in [2.45, 2.75) is 31.7 Å². The Hall–Kier alpha value is -0.910. The summed E-state index contributed by atoms with van der Waals surface area (Å²) in [6.07, 6.45) is 4.61. The molecule has 1 aromatic rings. The minimum absolute atomic E-state index is 0.289. The van der Waals surface area contributed by atoms with Crippen LogP contribution < -0.4 is 0 Å². The van der Waals surface area contributed by atoms with E-state index in [0.29, 0.717) is 12.5 Å². The van der Waals surface area contributed by atoms with Gasteiger partial charge in [-0.2, -0.15) is 0 Å². The molecule has 122 valence electrons. The fourth-order valence-electron chi connectivity index (χ4n) is 3.53. The van der Waals surface area contributed by atoms with Crippen molar-refractivity contribution in [1.82, 2.24) is 14.7 Å². The average Bonchev–Trinajstić information content (AvgIpc) is 3.03. The predicted octanol–water partition coefficient (Wildman–Crippen LogP) is 1.92. The van der Waals surface area contributed by atoms with E-state index in [2.05, 4.69) is 22.9 Å². The average molecular weight is 321 g/mol. The molecule has 1 amide bonds. The largest absolute Gasteiger partial charge is 0.340 e. The van der Waals surface area contributed by atoms with Gasteiger partial charge in [0.25, 0.3) is 0 Å². The van der Waals surface area contributed by atoms with Gasteiger partial charge in [0, 0.05) is 43.6 Å². The molecule has 3 rings (SSSR count). The maximum Gasteiger partial charge on any atom is 0.227 e. The number of hydrogen-bond acceptors (Lipinski definition) is 4. The molecular formula is C17H27N3OS. The molecule has 2 fully saturated rings. The molecule has 0 radical (unpaired) electrons. The lowest BCUT2D eigenvalue weighted by molar-refractivity contribution is -0.132. The molecule has 0 N–H and O–H groups in total. The first-order chi connectivity index (χ1) is 10.7. The summed E-state index contributed by atoms with van der Waals surface area (Å²) in [6, 6.07) is 4.78. The first kappa shape index (κ1) is 16.0. The Balaban J connectivity index is 1.43. The molecule has 0 bridgehead atoms. The number of hydrogen-bond donors (Lipinski definition) is 0. The maximum absolute atomic E-state index is 12.3. The van der Waals surface area contributed by atoms with Crippen LogP contribution in [0, 0.1) is 0 Å². The number of thiophene rings is 1. The van der Waals surface area contributed by atoms with Crippen LogP contribution in [0.25, 0.3) is 0 Å². The molecule has 0 saturated carbocycles. The van der Waals surface area contributed by atoms with Crippen LogP contribution >= 0.6 is 11.3 Å². The molecule has 2 saturated heterocycles. The molecule has 3 heterocycles. The smallest absolute Gasteiger partial charge is 0.227 e. The van der Waals surface area contributed by atoms with E-state index in [9.17, 15) is 4.79 Å². The van der Waals surface area contributed by atoms with Crippen LogP contribution in [0.2, 0.25) is 0 Å². The van der Waals surface area contributed by atoms with Crippen LogP contribution in [-0.2, 0) is 11.2 Å². The Morgan fingerprint density at radius 3 is 2.73 bits per heavy atom. The number of piperidine rings is 1. The number of likely N-dealkylation sites (tertiary alicyclic amines) is 1. The Labute approximate surface area is 137 Å². The van der Waals surface area contributed by atoms with Gasteiger partial charge < -0.3 is 9.80 Å². The third kappa shape index (κ3) is 4.09. The molecule has 5 heteroatoms. The van der Waals surface area contributed by atoms with Crippen LogP contribution in [-0.4, -0.2) is 73.0 Å². The highest BCUT2D eigenvalue weighted by molar-refractivity contribution is 7.10. The van der Waals surface area contributed by atoms with Gasteiger partial charge in [0.05, 0.1) is 6.42 Å². The molecular weight excluding hydrogens is 294 g/mol. The van der Waals surface area contributed by atoms with Crippen LogP contribution in [0.3, 0.4) is 0 Å². The van der Waals surface area contributed by atoms with Crippen LogP contribution in [0.5, 0.6) is 0 Å². The standard InChI is InChI=1S/C17H27N3OS/c1-18-7-3-2-5-15(18)14-19-8-10-20(11-9-19)17(21)13-16-6-4-12-22-16/h4,6,12,15H,2-3,5,7-11,13-14H2,1H3. The second kappa shape index (κ2) is 7.57. The maximum atomic E-state index is 12.3. The van der Waals surface area contributed by atoms with E-state index in [1.807, 2.05) is 16.3 Å². The van der Waals surface area contributed by atoms with E-state index in [0.717, 1.165) is 26.2 Å². The van der Waals surface area contributed by atoms with Gasteiger partial charge in [0.15, 0.2) is 0 Å². The highest BCUT2D eigenvalue weighted by Gasteiger charge is 2.25. The number of amides is 1. The number of piperazine rings is 1. The van der Waals surface area contributed by atoms with Crippen LogP contribution in [0.4, 0.5) is 0 Å². The van der Waals surface area contributed by atoms with Crippen molar-refractivity contribution in [2.24, 2.45) is 0 Å². The molecule has 2 aliphatic heterocycles. The summed E-state index contributed by atoms with van der Waals surface area (Å²) < 4.78 is 0. The van der Waals surface area contributed by atoms with Crippen molar-refractivity contribution in [3.63, 3.8) is 0 Å². The summed E-state index contributed by atoms with van der Waals surface area (Å²) in [5.74, 6) is 0.289. The summed E-state index contributed by atoms with van der Waals surface area (Å²) in [6.45, 7) is 6.25. The Bertz CT molecular complexity index is 468. The number of nitrogens with zero attached hydrogens (tertiary/aromatic N) is 3. The molecule has 1 aromatic heterocycles. The highest BCUT2D eigenvalue weighted by atomic mass is 32.1. The molecule has 4 nitrogen and oxygen atoms in total. The first-order valence-electron chi connectivity index (χ1n) is 8.45. The molecule has 22 heavy (non-hydrogen) atoms. The van der Waals surface area contributed by atoms with Gasteiger partial charge in [-0.15, -0.1) is 11.3 Å². The fraction of sp³-hybridized carbons (Fsp3) is 0.706. The zero-order valence-corrected chi connectivity index (χ0v) is 14.4. The van der Waals surface area contributed by atoms with Gasteiger partial charge in [0.2, 0.25) is 5.91 Å². The topological polar surface area (TPSA) is 26.8 Å². The lowest BCUT2D eigenvalue weighted by Gasteiger charge is -2.40. The Morgan fingerprint density at radius 1 is 1.23 bits per heavy atom. The van der Waals surface area contributed by atoms with Crippen molar-refractivity contribution in [1.29, 1.82) is 0 Å². The molecule has 0 aliphatic carbocycles. The van der Waals surface area contributed by atoms with Gasteiger partial charge in [-0.25, -0.2) is 0 Å². The fourth-order valence-corrected chi connectivity index (χ4v) is 4.22. The van der Waals surface area contributed by atoms with Crippen molar-refractivity contribution in [3.05, 3.63) is 22.4 Å². The van der Waals surface area contributed by atoms with E-state index < -0.39 is 0 Å². The number of rotatable bonds is 4. The zero-order chi connectivity index (χ0) is 15.4. The number of carbonyl (C=O) groups is 1. The first-order valence-corrected chi connectivity index (χ1v) is 9.33. The van der Waals surface area contributed by atoms with Crippen molar-refractivity contribution in [2.75, 3.05) is 46.3 Å². The third-order valence-corrected chi connectivity index (χ3v) is 5.90. The Kier molecular flexibility index (Phi) is 5.50. The highest BCUT2D eigenvalue weighted by Crippen LogP contribution is 2.17. The van der Waals surface area contributed by atoms with E-state index in [1.54, 1.807) is 11.3 Å². The molecule has 0 spiro atoms. The summed E-state index contributed by atoms with van der Waals surface area (Å²) in [5.41, 5.74) is 0. The van der Waals surface area contributed by atoms with Gasteiger partial charge in [0.1, 0.15) is 0 Å². The van der Waals surface area contributed by atoms with Gasteiger partial charge in [-0.3, -0.25) is 9.69 Å². The monoisotopic (exact) mass is 321 g/mol. The lowest BCUT2D eigenvalue weighted by atomic mass is 10.0. The molecule has 1 atom stereocenters. The van der Waals surface area contributed by atoms with Crippen LogP contribution in [0.1, 0.15) is 24.1 Å². The van der Waals surface area contributed by atoms with E-state index in [4.69, 9.17) is 0 Å². The van der Waals surface area contributed by atoms with Crippen molar-refractivity contribution in [3.8, 4) is 0 Å². The Morgan fingerprint density at radius 2 is 2.05 bits per heavy atom. The van der Waals surface area contributed by atoms with E-state index >= 15 is 0 Å². The SMILES string of the molecule is CN1CCCCC1CN1CCN(C(=O)Cc2cccs2)CC1. The lowest BCUT2D eigenvalue weighted by Crippen LogP contribution is -2.53. The van der Waals surface area contributed by atoms with E-state index in [1.165, 1.54) is 37.2 Å². The van der Waals surface area contributed by atoms with Crippen molar-refractivity contribution < 1.29 is 4.79 Å². The second-order valence-corrected chi connectivity index (χ2v) is 7.60. The zero-order valence-electron chi connectivity index (χ0n) is 13.5. The molecule has 2 aliphatic rings. The van der Waals surface area contributed by atoms with Gasteiger partial charge in [-0.1, -0.05) is 12.5 Å². The summed E-state index contributed by atoms with van der Waals surface area (Å²) in [5, 5.41) is 2.04. The minimum Gasteiger partial charge on any atom is -0.340 e. The minimum atomic E-state index is 0.289. The van der Waals surface area contributed by atoms with Gasteiger partial charge in [-0.05, 0) is 37.9 Å². The van der Waals surface area contributed by atoms with E-state index in [-0.39, 0.29) is 5.91 Å². The predicted molar refractivity (Wildman–Crippen MR) is 91.3 cm³/mol. The molecule has 0 aromatic carbocycles. The summed E-state index contributed by atoms with van der Waals surface area (Å²) >= 11 is 1.68. The number of likely N-dealkylation sites (N-methyl/N-ethyl adjacent to an activating group) is 1. The third-order valence-electron chi connectivity index (χ3n) is 5.02. The summed E-state index contributed by atoms with van der Waals surface area (Å²) in [4.78, 5) is 20.6. The summed E-state index contributed by atoms with van der Waals surface area (Å²) in [7, 11) is 2.25.